The molecule has 2 aromatic heterocycles. The number of amides is 1. The molecule has 0 saturated carbocycles. The van der Waals surface area contributed by atoms with Crippen LogP contribution in [0.3, 0.4) is 0 Å². The van der Waals surface area contributed by atoms with Crippen LogP contribution in [0.15, 0.2) is 75.9 Å². The zero-order chi connectivity index (χ0) is 22.6. The number of carbonyl (C=O) groups is 1. The predicted molar refractivity (Wildman–Crippen MR) is 129 cm³/mol. The lowest BCUT2D eigenvalue weighted by molar-refractivity contribution is 0.0997. The summed E-state index contributed by atoms with van der Waals surface area (Å²) < 4.78 is 5.60. The minimum atomic E-state index is -0.479. The lowest BCUT2D eigenvalue weighted by Gasteiger charge is -2.20. The first-order chi connectivity index (χ1) is 16.2. The standard InChI is InChI=1S/C26H24N4O3/c31-22-17-24(33-23-8-4-3-7-20(22)23)26(32)27-19-11-9-18(10-12-19)21-13-14-25(29-28-21)30-15-5-1-2-6-16-30/h3-4,7-14,17H,1-2,5-6,15-16H2,(H,27,32). The third kappa shape index (κ3) is 4.62. The van der Waals surface area contributed by atoms with Gasteiger partial charge in [0.15, 0.2) is 17.0 Å². The second-order valence-electron chi connectivity index (χ2n) is 8.18. The highest BCUT2D eigenvalue weighted by atomic mass is 16.3. The Labute approximate surface area is 191 Å². The molecule has 4 aromatic rings. The number of hydrogen-bond donors (Lipinski definition) is 1. The summed E-state index contributed by atoms with van der Waals surface area (Å²) in [5, 5.41) is 12.0. The van der Waals surface area contributed by atoms with Crippen molar-refractivity contribution in [3.05, 3.63) is 82.7 Å². The molecule has 0 bridgehead atoms. The van der Waals surface area contributed by atoms with Gasteiger partial charge in [0.05, 0.1) is 11.1 Å². The molecule has 33 heavy (non-hydrogen) atoms. The van der Waals surface area contributed by atoms with E-state index >= 15 is 0 Å². The SMILES string of the molecule is O=C(Nc1ccc(-c2ccc(N3CCCCCC3)nn2)cc1)c1cc(=O)c2ccccc2o1. The first-order valence-electron chi connectivity index (χ1n) is 11.2. The molecule has 0 unspecified atom stereocenters. The molecule has 0 aliphatic carbocycles. The maximum atomic E-state index is 12.6. The van der Waals surface area contributed by atoms with Gasteiger partial charge < -0.3 is 14.6 Å². The average Bonchev–Trinajstić information content (AvgIpc) is 3.14. The Morgan fingerprint density at radius 1 is 0.879 bits per heavy atom. The fourth-order valence-electron chi connectivity index (χ4n) is 4.08. The molecule has 1 aliphatic heterocycles. The van der Waals surface area contributed by atoms with Crippen LogP contribution < -0.4 is 15.6 Å². The summed E-state index contributed by atoms with van der Waals surface area (Å²) in [5.74, 6) is 0.409. The lowest BCUT2D eigenvalue weighted by atomic mass is 10.1. The fraction of sp³-hybridized carbons (Fsp3) is 0.231. The lowest BCUT2D eigenvalue weighted by Crippen LogP contribution is -2.25. The molecule has 2 aromatic carbocycles. The van der Waals surface area contributed by atoms with Gasteiger partial charge in [0.25, 0.3) is 5.91 Å². The molecule has 0 radical (unpaired) electrons. The Morgan fingerprint density at radius 3 is 2.36 bits per heavy atom. The van der Waals surface area contributed by atoms with E-state index in [1.807, 2.05) is 24.3 Å². The molecule has 1 amide bonds. The minimum absolute atomic E-state index is 0.0299. The van der Waals surface area contributed by atoms with Crippen LogP contribution in [0.25, 0.3) is 22.2 Å². The van der Waals surface area contributed by atoms with Gasteiger partial charge in [-0.15, -0.1) is 10.2 Å². The second kappa shape index (κ2) is 9.24. The molecule has 7 heteroatoms. The molecular formula is C26H24N4O3. The number of carbonyl (C=O) groups excluding carboxylic acids is 1. The summed E-state index contributed by atoms with van der Waals surface area (Å²) in [5.41, 5.74) is 2.40. The van der Waals surface area contributed by atoms with Gasteiger partial charge in [-0.3, -0.25) is 9.59 Å². The molecule has 166 valence electrons. The maximum absolute atomic E-state index is 12.6. The zero-order valence-corrected chi connectivity index (χ0v) is 18.2. The third-order valence-corrected chi connectivity index (χ3v) is 5.88. The van der Waals surface area contributed by atoms with Gasteiger partial charge in [-0.1, -0.05) is 37.1 Å². The number of rotatable bonds is 4. The number of para-hydroxylation sites is 1. The zero-order valence-electron chi connectivity index (χ0n) is 18.2. The summed E-state index contributed by atoms with van der Waals surface area (Å²) in [6, 6.07) is 19.4. The van der Waals surface area contributed by atoms with Crippen molar-refractivity contribution in [2.45, 2.75) is 25.7 Å². The molecule has 3 heterocycles. The number of anilines is 2. The van der Waals surface area contributed by atoms with Gasteiger partial charge in [0.2, 0.25) is 0 Å². The largest absolute Gasteiger partial charge is 0.451 e. The molecule has 0 spiro atoms. The number of hydrogen-bond acceptors (Lipinski definition) is 6. The van der Waals surface area contributed by atoms with Crippen LogP contribution in [-0.4, -0.2) is 29.2 Å². The normalized spacial score (nSPS) is 14.1. The Morgan fingerprint density at radius 2 is 1.64 bits per heavy atom. The highest BCUT2D eigenvalue weighted by Crippen LogP contribution is 2.23. The first kappa shape index (κ1) is 20.9. The van der Waals surface area contributed by atoms with E-state index in [9.17, 15) is 9.59 Å². The smallest absolute Gasteiger partial charge is 0.291 e. The van der Waals surface area contributed by atoms with E-state index in [0.29, 0.717) is 16.7 Å². The highest BCUT2D eigenvalue weighted by molar-refractivity contribution is 6.03. The first-order valence-corrected chi connectivity index (χ1v) is 11.2. The van der Waals surface area contributed by atoms with Crippen molar-refractivity contribution in [2.75, 3.05) is 23.3 Å². The van der Waals surface area contributed by atoms with E-state index in [4.69, 9.17) is 4.42 Å². The molecule has 1 aliphatic rings. The van der Waals surface area contributed by atoms with Crippen LogP contribution in [0.2, 0.25) is 0 Å². The van der Waals surface area contributed by atoms with E-state index in [1.54, 1.807) is 36.4 Å². The van der Waals surface area contributed by atoms with E-state index in [-0.39, 0.29) is 11.2 Å². The van der Waals surface area contributed by atoms with E-state index in [2.05, 4.69) is 20.4 Å². The van der Waals surface area contributed by atoms with E-state index < -0.39 is 5.91 Å². The van der Waals surface area contributed by atoms with Gasteiger partial charge in [-0.05, 0) is 49.2 Å². The van der Waals surface area contributed by atoms with E-state index in [0.717, 1.165) is 30.2 Å². The van der Waals surface area contributed by atoms with Crippen LogP contribution in [-0.2, 0) is 0 Å². The molecule has 7 nitrogen and oxygen atoms in total. The van der Waals surface area contributed by atoms with Crippen molar-refractivity contribution >= 4 is 28.4 Å². The highest BCUT2D eigenvalue weighted by Gasteiger charge is 2.14. The molecule has 1 fully saturated rings. The average molecular weight is 441 g/mol. The number of aromatic nitrogens is 2. The quantitative estimate of drug-likeness (QED) is 0.486. The van der Waals surface area contributed by atoms with Crippen molar-refractivity contribution in [1.82, 2.24) is 10.2 Å². The minimum Gasteiger partial charge on any atom is -0.451 e. The van der Waals surface area contributed by atoms with Gasteiger partial charge in [0, 0.05) is 30.4 Å². The van der Waals surface area contributed by atoms with Gasteiger partial charge in [0.1, 0.15) is 5.58 Å². The van der Waals surface area contributed by atoms with Crippen LogP contribution >= 0.6 is 0 Å². The molecule has 0 atom stereocenters. The van der Waals surface area contributed by atoms with Crippen molar-refractivity contribution in [1.29, 1.82) is 0 Å². The van der Waals surface area contributed by atoms with Crippen LogP contribution in [0.5, 0.6) is 0 Å². The van der Waals surface area contributed by atoms with Crippen LogP contribution in [0.1, 0.15) is 36.2 Å². The van der Waals surface area contributed by atoms with Crippen molar-refractivity contribution in [3.8, 4) is 11.3 Å². The maximum Gasteiger partial charge on any atom is 0.291 e. The molecular weight excluding hydrogens is 416 g/mol. The molecule has 1 N–H and O–H groups in total. The molecule has 5 rings (SSSR count). The Bertz CT molecular complexity index is 1320. The third-order valence-electron chi connectivity index (χ3n) is 5.88. The van der Waals surface area contributed by atoms with Crippen LogP contribution in [0, 0.1) is 0 Å². The topological polar surface area (TPSA) is 88.3 Å². The Hall–Kier alpha value is -4.00. The van der Waals surface area contributed by atoms with Gasteiger partial charge in [-0.2, -0.15) is 0 Å². The summed E-state index contributed by atoms with van der Waals surface area (Å²) >= 11 is 0. The monoisotopic (exact) mass is 440 g/mol. The summed E-state index contributed by atoms with van der Waals surface area (Å²) in [6.07, 6.45) is 4.94. The van der Waals surface area contributed by atoms with Crippen molar-refractivity contribution < 1.29 is 9.21 Å². The van der Waals surface area contributed by atoms with Crippen LogP contribution in [0.4, 0.5) is 11.5 Å². The summed E-state index contributed by atoms with van der Waals surface area (Å²) in [7, 11) is 0. The molecule has 1 saturated heterocycles. The number of nitrogens with zero attached hydrogens (tertiary/aromatic N) is 3. The summed E-state index contributed by atoms with van der Waals surface area (Å²) in [4.78, 5) is 27.1. The van der Waals surface area contributed by atoms with Gasteiger partial charge >= 0.3 is 0 Å². The van der Waals surface area contributed by atoms with E-state index in [1.165, 1.54) is 31.7 Å². The predicted octanol–water partition coefficient (Wildman–Crippen LogP) is 4.88. The number of fused-ring (bicyclic) bond motifs is 1. The Balaban J connectivity index is 1.28. The van der Waals surface area contributed by atoms with Crippen molar-refractivity contribution in [2.24, 2.45) is 0 Å². The number of benzene rings is 2. The Kier molecular flexibility index (Phi) is 5.85. The van der Waals surface area contributed by atoms with Gasteiger partial charge in [-0.25, -0.2) is 0 Å². The number of nitrogens with one attached hydrogen (secondary N) is 1. The summed E-state index contributed by atoms with van der Waals surface area (Å²) in [6.45, 7) is 2.06. The van der Waals surface area contributed by atoms with Crippen molar-refractivity contribution in [3.63, 3.8) is 0 Å². The fourth-order valence-corrected chi connectivity index (χ4v) is 4.08. The second-order valence-corrected chi connectivity index (χ2v) is 8.18.